The van der Waals surface area contributed by atoms with E-state index in [-0.39, 0.29) is 11.8 Å². The van der Waals surface area contributed by atoms with Gasteiger partial charge in [0.05, 0.1) is 7.11 Å². The minimum absolute atomic E-state index is 0.286. The van der Waals surface area contributed by atoms with Gasteiger partial charge in [-0.1, -0.05) is 12.1 Å². The average molecular weight is 251 g/mol. The first-order chi connectivity index (χ1) is 8.53. The predicted octanol–water partition coefficient (Wildman–Crippen LogP) is 2.05. The van der Waals surface area contributed by atoms with Gasteiger partial charge < -0.3 is 4.74 Å². The van der Waals surface area contributed by atoms with Gasteiger partial charge in [0.1, 0.15) is 11.4 Å². The monoisotopic (exact) mass is 251 g/mol. The number of ether oxygens (including phenoxy) is 1. The summed E-state index contributed by atoms with van der Waals surface area (Å²) in [6.45, 7) is 1.81. The molecule has 1 atom stereocenters. The highest BCUT2D eigenvalue weighted by Crippen LogP contribution is 2.25. The van der Waals surface area contributed by atoms with Crippen LogP contribution in [0.1, 0.15) is 25.3 Å². The summed E-state index contributed by atoms with van der Waals surface area (Å²) in [7, 11) is 1.38. The lowest BCUT2D eigenvalue weighted by Crippen LogP contribution is -2.52. The lowest BCUT2D eigenvalue weighted by molar-refractivity contribution is -0.148. The van der Waals surface area contributed by atoms with Crippen LogP contribution in [-0.2, 0) is 16.0 Å². The van der Waals surface area contributed by atoms with Gasteiger partial charge >= 0.3 is 5.97 Å². The van der Waals surface area contributed by atoms with E-state index in [9.17, 15) is 9.18 Å². The minimum atomic E-state index is -0.788. The predicted molar refractivity (Wildman–Crippen MR) is 66.7 cm³/mol. The topological polar surface area (TPSA) is 38.3 Å². The first-order valence-electron chi connectivity index (χ1n) is 6.14. The van der Waals surface area contributed by atoms with Crippen molar-refractivity contribution in [2.75, 3.05) is 7.11 Å². The molecule has 1 aromatic carbocycles. The first kappa shape index (κ1) is 13.0. The van der Waals surface area contributed by atoms with Gasteiger partial charge in [-0.05, 0) is 37.5 Å². The van der Waals surface area contributed by atoms with Gasteiger partial charge in [-0.15, -0.1) is 0 Å². The number of hydrogen-bond donors (Lipinski definition) is 1. The van der Waals surface area contributed by atoms with Gasteiger partial charge in [-0.25, -0.2) is 4.39 Å². The van der Waals surface area contributed by atoms with E-state index in [1.54, 1.807) is 6.07 Å². The molecule has 1 aliphatic carbocycles. The van der Waals surface area contributed by atoms with Gasteiger partial charge in [0.15, 0.2) is 0 Å². The Balaban J connectivity index is 2.15. The molecule has 18 heavy (non-hydrogen) atoms. The molecule has 0 radical (unpaired) electrons. The molecular formula is C14H18FNO2. The largest absolute Gasteiger partial charge is 0.468 e. The molecule has 0 spiro atoms. The number of carbonyl (C=O) groups excluding carboxylic acids is 1. The summed E-state index contributed by atoms with van der Waals surface area (Å²) in [5.74, 6) is -0.593. The van der Waals surface area contributed by atoms with Crippen molar-refractivity contribution in [3.05, 3.63) is 35.6 Å². The molecule has 0 saturated heterocycles. The van der Waals surface area contributed by atoms with Crippen molar-refractivity contribution in [2.24, 2.45) is 0 Å². The molecule has 1 fully saturated rings. The highest BCUT2D eigenvalue weighted by molar-refractivity contribution is 5.80. The van der Waals surface area contributed by atoms with E-state index in [0.29, 0.717) is 12.5 Å². The lowest BCUT2D eigenvalue weighted by Gasteiger charge is -2.28. The number of halogens is 1. The fourth-order valence-electron chi connectivity index (χ4n) is 2.14. The van der Waals surface area contributed by atoms with Crippen molar-refractivity contribution in [3.63, 3.8) is 0 Å². The Morgan fingerprint density at radius 1 is 1.56 bits per heavy atom. The third kappa shape index (κ3) is 3.07. The van der Waals surface area contributed by atoms with Crippen LogP contribution in [0.5, 0.6) is 0 Å². The highest BCUT2D eigenvalue weighted by Gasteiger charge is 2.39. The number of rotatable bonds is 5. The summed E-state index contributed by atoms with van der Waals surface area (Å²) >= 11 is 0. The zero-order valence-corrected chi connectivity index (χ0v) is 10.7. The zero-order chi connectivity index (χ0) is 13.2. The number of benzene rings is 1. The van der Waals surface area contributed by atoms with E-state index >= 15 is 0 Å². The maximum absolute atomic E-state index is 13.2. The van der Waals surface area contributed by atoms with Crippen LogP contribution in [0.4, 0.5) is 4.39 Å². The molecule has 4 heteroatoms. The number of carbonyl (C=O) groups is 1. The first-order valence-corrected chi connectivity index (χ1v) is 6.14. The smallest absolute Gasteiger partial charge is 0.326 e. The van der Waals surface area contributed by atoms with E-state index < -0.39 is 5.54 Å². The second-order valence-corrected chi connectivity index (χ2v) is 5.05. The van der Waals surface area contributed by atoms with Crippen molar-refractivity contribution in [1.82, 2.24) is 5.32 Å². The second kappa shape index (κ2) is 5.06. The zero-order valence-electron chi connectivity index (χ0n) is 10.7. The van der Waals surface area contributed by atoms with Gasteiger partial charge in [0.25, 0.3) is 0 Å². The number of methoxy groups -OCH3 is 1. The van der Waals surface area contributed by atoms with Crippen molar-refractivity contribution < 1.29 is 13.9 Å². The summed E-state index contributed by atoms with van der Waals surface area (Å²) in [6.07, 6.45) is 2.58. The normalized spacial score (nSPS) is 18.2. The van der Waals surface area contributed by atoms with E-state index in [0.717, 1.165) is 18.4 Å². The molecule has 1 unspecified atom stereocenters. The third-order valence-electron chi connectivity index (χ3n) is 3.18. The molecule has 0 heterocycles. The molecule has 1 N–H and O–H groups in total. The Hall–Kier alpha value is -1.42. The Morgan fingerprint density at radius 3 is 2.83 bits per heavy atom. The number of hydrogen-bond acceptors (Lipinski definition) is 3. The van der Waals surface area contributed by atoms with E-state index in [4.69, 9.17) is 4.74 Å². The van der Waals surface area contributed by atoms with Crippen molar-refractivity contribution in [1.29, 1.82) is 0 Å². The van der Waals surface area contributed by atoms with E-state index in [1.807, 2.05) is 13.0 Å². The molecule has 0 aromatic heterocycles. The highest BCUT2D eigenvalue weighted by atomic mass is 19.1. The second-order valence-electron chi connectivity index (χ2n) is 5.05. The van der Waals surface area contributed by atoms with Crippen LogP contribution >= 0.6 is 0 Å². The Kier molecular flexibility index (Phi) is 3.66. The molecule has 1 saturated carbocycles. The Morgan fingerprint density at radius 2 is 2.28 bits per heavy atom. The van der Waals surface area contributed by atoms with Crippen LogP contribution < -0.4 is 5.32 Å². The van der Waals surface area contributed by atoms with Gasteiger partial charge in [-0.3, -0.25) is 10.1 Å². The summed E-state index contributed by atoms with van der Waals surface area (Å²) in [5.41, 5.74) is 0.0000231. The van der Waals surface area contributed by atoms with E-state index in [1.165, 1.54) is 19.2 Å². The van der Waals surface area contributed by atoms with Gasteiger partial charge in [0.2, 0.25) is 0 Å². The molecule has 0 bridgehead atoms. The molecule has 3 nitrogen and oxygen atoms in total. The van der Waals surface area contributed by atoms with Crippen molar-refractivity contribution in [3.8, 4) is 0 Å². The third-order valence-corrected chi connectivity index (χ3v) is 3.18. The van der Waals surface area contributed by atoms with Crippen LogP contribution in [-0.4, -0.2) is 24.7 Å². The molecule has 1 aromatic rings. The Bertz CT molecular complexity index is 445. The maximum atomic E-state index is 13.2. The number of nitrogens with one attached hydrogen (secondary N) is 1. The van der Waals surface area contributed by atoms with E-state index in [2.05, 4.69) is 5.32 Å². The average Bonchev–Trinajstić information content (AvgIpc) is 3.11. The van der Waals surface area contributed by atoms with Gasteiger partial charge in [-0.2, -0.15) is 0 Å². The minimum Gasteiger partial charge on any atom is -0.468 e. The molecule has 0 amide bonds. The summed E-state index contributed by atoms with van der Waals surface area (Å²) < 4.78 is 18.0. The fraction of sp³-hybridized carbons (Fsp3) is 0.500. The fourth-order valence-corrected chi connectivity index (χ4v) is 2.14. The van der Waals surface area contributed by atoms with Crippen LogP contribution in [0.2, 0.25) is 0 Å². The Labute approximate surface area is 106 Å². The molecular weight excluding hydrogens is 233 g/mol. The summed E-state index contributed by atoms with van der Waals surface area (Å²) in [5, 5.41) is 3.29. The molecule has 98 valence electrons. The van der Waals surface area contributed by atoms with Gasteiger partial charge in [0, 0.05) is 12.5 Å². The van der Waals surface area contributed by atoms with Crippen LogP contribution in [0.25, 0.3) is 0 Å². The van der Waals surface area contributed by atoms with Crippen LogP contribution in [0.15, 0.2) is 24.3 Å². The lowest BCUT2D eigenvalue weighted by atomic mass is 9.92. The molecule has 0 aliphatic heterocycles. The standard InChI is InChI=1S/C14H18FNO2/c1-14(13(17)18-2,16-12-6-7-12)9-10-4-3-5-11(15)8-10/h3-5,8,12,16H,6-7,9H2,1-2H3. The molecule has 2 rings (SSSR count). The van der Waals surface area contributed by atoms with Crippen molar-refractivity contribution >= 4 is 5.97 Å². The quantitative estimate of drug-likeness (QED) is 0.814. The maximum Gasteiger partial charge on any atom is 0.326 e. The molecule has 1 aliphatic rings. The van der Waals surface area contributed by atoms with Crippen LogP contribution in [0, 0.1) is 5.82 Å². The summed E-state index contributed by atoms with van der Waals surface area (Å²) in [4.78, 5) is 11.9. The van der Waals surface area contributed by atoms with Crippen LogP contribution in [0.3, 0.4) is 0 Å². The SMILES string of the molecule is COC(=O)C(C)(Cc1cccc(F)c1)NC1CC1. The summed E-state index contributed by atoms with van der Waals surface area (Å²) in [6, 6.07) is 6.70. The van der Waals surface area contributed by atoms with Crippen molar-refractivity contribution in [2.45, 2.75) is 37.8 Å². The number of esters is 1.